The minimum Gasteiger partial charge on any atom is -0.355 e. The van der Waals surface area contributed by atoms with Crippen LogP contribution in [0, 0.1) is 0 Å². The number of hydrogen-bond acceptors (Lipinski definition) is 6. The summed E-state index contributed by atoms with van der Waals surface area (Å²) in [6, 6.07) is 10.1. The van der Waals surface area contributed by atoms with Gasteiger partial charge in [0.25, 0.3) is 0 Å². The molecule has 27 heavy (non-hydrogen) atoms. The van der Waals surface area contributed by atoms with Crippen LogP contribution in [0.5, 0.6) is 0 Å². The van der Waals surface area contributed by atoms with Gasteiger partial charge in [-0.3, -0.25) is 9.78 Å². The smallest absolute Gasteiger partial charge is 0.238 e. The molecule has 2 heterocycles. The number of rotatable bonds is 7. The summed E-state index contributed by atoms with van der Waals surface area (Å²) < 4.78 is 22.5. The molecule has 0 bridgehead atoms. The zero-order valence-electron chi connectivity index (χ0n) is 14.3. The van der Waals surface area contributed by atoms with Gasteiger partial charge >= 0.3 is 0 Å². The Bertz CT molecular complexity index is 1020. The summed E-state index contributed by atoms with van der Waals surface area (Å²) >= 11 is 1.49. The van der Waals surface area contributed by atoms with Gasteiger partial charge in [-0.15, -0.1) is 11.3 Å². The number of sulfonamides is 1. The summed E-state index contributed by atoms with van der Waals surface area (Å²) in [5.74, 6) is -0.109. The predicted molar refractivity (Wildman–Crippen MR) is 104 cm³/mol. The van der Waals surface area contributed by atoms with E-state index in [9.17, 15) is 13.2 Å². The van der Waals surface area contributed by atoms with Gasteiger partial charge in [0.2, 0.25) is 15.9 Å². The van der Waals surface area contributed by atoms with Gasteiger partial charge in [-0.1, -0.05) is 12.1 Å². The quantitative estimate of drug-likeness (QED) is 0.625. The molecule has 1 amide bonds. The van der Waals surface area contributed by atoms with Crippen molar-refractivity contribution in [2.45, 2.75) is 17.7 Å². The van der Waals surface area contributed by atoms with E-state index in [1.165, 1.54) is 23.5 Å². The van der Waals surface area contributed by atoms with Crippen LogP contribution in [0.2, 0.25) is 0 Å². The van der Waals surface area contributed by atoms with E-state index in [4.69, 9.17) is 5.14 Å². The number of benzene rings is 1. The lowest BCUT2D eigenvalue weighted by atomic mass is 10.1. The van der Waals surface area contributed by atoms with E-state index in [0.717, 1.165) is 21.8 Å². The Hall–Kier alpha value is -2.62. The molecule has 1 aromatic carbocycles. The molecule has 0 saturated heterocycles. The molecule has 0 aliphatic carbocycles. The van der Waals surface area contributed by atoms with E-state index >= 15 is 0 Å². The monoisotopic (exact) mass is 402 g/mol. The Morgan fingerprint density at radius 3 is 2.48 bits per heavy atom. The molecule has 0 aliphatic heterocycles. The molecule has 9 heteroatoms. The van der Waals surface area contributed by atoms with Gasteiger partial charge in [-0.25, -0.2) is 18.5 Å². The van der Waals surface area contributed by atoms with E-state index in [1.54, 1.807) is 24.5 Å². The fraction of sp³-hybridized carbons (Fsp3) is 0.167. The van der Waals surface area contributed by atoms with Crippen LogP contribution in [-0.2, 0) is 27.7 Å². The first-order valence-electron chi connectivity index (χ1n) is 8.15. The highest BCUT2D eigenvalue weighted by atomic mass is 32.2. The van der Waals surface area contributed by atoms with Crippen LogP contribution in [0.1, 0.15) is 11.3 Å². The largest absolute Gasteiger partial charge is 0.355 e. The number of nitrogens with one attached hydrogen (secondary N) is 1. The normalized spacial score (nSPS) is 11.3. The maximum atomic E-state index is 12.1. The molecule has 0 fully saturated rings. The second-order valence-electron chi connectivity index (χ2n) is 5.85. The van der Waals surface area contributed by atoms with E-state index in [0.29, 0.717) is 13.0 Å². The Balaban J connectivity index is 1.48. The zero-order valence-corrected chi connectivity index (χ0v) is 16.0. The SMILES string of the molecule is NS(=O)(=O)c1ccc(CCNC(=O)Cc2csc(-c3ccncc3)n2)cc1. The van der Waals surface area contributed by atoms with E-state index < -0.39 is 10.0 Å². The number of carbonyl (C=O) groups is 1. The third kappa shape index (κ3) is 5.43. The Kier molecular flexibility index (Phi) is 5.94. The van der Waals surface area contributed by atoms with Gasteiger partial charge < -0.3 is 5.32 Å². The summed E-state index contributed by atoms with van der Waals surface area (Å²) in [4.78, 5) is 20.6. The highest BCUT2D eigenvalue weighted by Crippen LogP contribution is 2.22. The van der Waals surface area contributed by atoms with E-state index in [2.05, 4.69) is 15.3 Å². The molecule has 7 nitrogen and oxygen atoms in total. The second-order valence-corrected chi connectivity index (χ2v) is 8.27. The maximum absolute atomic E-state index is 12.1. The van der Waals surface area contributed by atoms with Gasteiger partial charge in [0.1, 0.15) is 5.01 Å². The van der Waals surface area contributed by atoms with Crippen molar-refractivity contribution in [2.75, 3.05) is 6.54 Å². The number of amides is 1. The average Bonchev–Trinajstić information content (AvgIpc) is 3.10. The van der Waals surface area contributed by atoms with Crippen molar-refractivity contribution in [3.8, 4) is 10.6 Å². The fourth-order valence-electron chi connectivity index (χ4n) is 2.43. The average molecular weight is 403 g/mol. The highest BCUT2D eigenvalue weighted by molar-refractivity contribution is 7.89. The lowest BCUT2D eigenvalue weighted by Crippen LogP contribution is -2.27. The molecule has 2 aromatic heterocycles. The first-order chi connectivity index (χ1) is 12.9. The lowest BCUT2D eigenvalue weighted by Gasteiger charge is -2.05. The molecule has 0 saturated carbocycles. The first-order valence-corrected chi connectivity index (χ1v) is 10.6. The van der Waals surface area contributed by atoms with Gasteiger partial charge in [-0.05, 0) is 36.2 Å². The molecule has 0 radical (unpaired) electrons. The van der Waals surface area contributed by atoms with Crippen molar-refractivity contribution in [1.82, 2.24) is 15.3 Å². The van der Waals surface area contributed by atoms with Crippen LogP contribution >= 0.6 is 11.3 Å². The summed E-state index contributed by atoms with van der Waals surface area (Å²) in [5, 5.41) is 10.6. The van der Waals surface area contributed by atoms with Gasteiger partial charge in [0, 0.05) is 29.9 Å². The molecular formula is C18H18N4O3S2. The number of primary sulfonamides is 1. The van der Waals surface area contributed by atoms with Crippen molar-refractivity contribution in [1.29, 1.82) is 0 Å². The van der Waals surface area contributed by atoms with Gasteiger partial charge in [0.15, 0.2) is 0 Å². The Morgan fingerprint density at radius 2 is 1.81 bits per heavy atom. The maximum Gasteiger partial charge on any atom is 0.238 e. The summed E-state index contributed by atoms with van der Waals surface area (Å²) in [6.45, 7) is 0.453. The molecule has 0 unspecified atom stereocenters. The fourth-order valence-corrected chi connectivity index (χ4v) is 3.78. The van der Waals surface area contributed by atoms with Gasteiger partial charge in [0.05, 0.1) is 17.0 Å². The van der Waals surface area contributed by atoms with Crippen LogP contribution < -0.4 is 10.5 Å². The van der Waals surface area contributed by atoms with Crippen LogP contribution in [0.4, 0.5) is 0 Å². The van der Waals surface area contributed by atoms with Crippen LogP contribution in [0.3, 0.4) is 0 Å². The highest BCUT2D eigenvalue weighted by Gasteiger charge is 2.09. The minimum atomic E-state index is -3.69. The lowest BCUT2D eigenvalue weighted by molar-refractivity contribution is -0.120. The third-order valence-corrected chi connectivity index (χ3v) is 5.68. The standard InChI is InChI=1S/C18H18N4O3S2/c19-27(24,25)16-3-1-13(2-4-16)5-10-21-17(23)11-15-12-26-18(22-15)14-6-8-20-9-7-14/h1-4,6-9,12H,5,10-11H2,(H,21,23)(H2,19,24,25). The predicted octanol–water partition coefficient (Wildman–Crippen LogP) is 1.75. The number of carbonyl (C=O) groups excluding carboxylic acids is 1. The number of nitrogens with zero attached hydrogens (tertiary/aromatic N) is 2. The van der Waals surface area contributed by atoms with Crippen molar-refractivity contribution < 1.29 is 13.2 Å². The Labute approximate surface area is 161 Å². The topological polar surface area (TPSA) is 115 Å². The van der Waals surface area contributed by atoms with Crippen molar-refractivity contribution in [3.05, 3.63) is 65.4 Å². The number of pyridine rings is 1. The first kappa shape index (κ1) is 19.2. The molecule has 3 aromatic rings. The minimum absolute atomic E-state index is 0.0730. The molecule has 3 N–H and O–H groups in total. The van der Waals surface area contributed by atoms with Crippen molar-refractivity contribution in [2.24, 2.45) is 5.14 Å². The van der Waals surface area contributed by atoms with Crippen molar-refractivity contribution >= 4 is 27.3 Å². The number of thiazole rings is 1. The van der Waals surface area contributed by atoms with E-state index in [1.807, 2.05) is 17.5 Å². The van der Waals surface area contributed by atoms with Crippen LogP contribution in [0.25, 0.3) is 10.6 Å². The molecule has 0 spiro atoms. The molecule has 0 aliphatic rings. The summed E-state index contributed by atoms with van der Waals surface area (Å²) in [7, 11) is -3.69. The molecule has 0 atom stereocenters. The Morgan fingerprint density at radius 1 is 1.11 bits per heavy atom. The zero-order chi connectivity index (χ0) is 19.3. The van der Waals surface area contributed by atoms with Crippen molar-refractivity contribution in [3.63, 3.8) is 0 Å². The summed E-state index contributed by atoms with van der Waals surface area (Å²) in [5.41, 5.74) is 2.61. The number of nitrogens with two attached hydrogens (primary N) is 1. The molecular weight excluding hydrogens is 384 g/mol. The molecule has 3 rings (SSSR count). The number of aromatic nitrogens is 2. The van der Waals surface area contributed by atoms with E-state index in [-0.39, 0.29) is 17.2 Å². The van der Waals surface area contributed by atoms with Crippen LogP contribution in [-0.4, -0.2) is 30.8 Å². The third-order valence-electron chi connectivity index (χ3n) is 3.81. The molecule has 140 valence electrons. The van der Waals surface area contributed by atoms with Crippen LogP contribution in [0.15, 0.2) is 59.1 Å². The summed E-state index contributed by atoms with van der Waals surface area (Å²) in [6.07, 6.45) is 4.22. The van der Waals surface area contributed by atoms with Gasteiger partial charge in [-0.2, -0.15) is 0 Å². The second kappa shape index (κ2) is 8.38. The number of hydrogen-bond donors (Lipinski definition) is 2.